The molecule has 0 rings (SSSR count). The lowest BCUT2D eigenvalue weighted by Crippen LogP contribution is -2.43. The van der Waals surface area contributed by atoms with Crippen LogP contribution >= 0.6 is 11.6 Å². The molecule has 0 spiro atoms. The summed E-state index contributed by atoms with van der Waals surface area (Å²) < 4.78 is 0. The van der Waals surface area contributed by atoms with Gasteiger partial charge in [0.05, 0.1) is 0 Å². The molecule has 2 heteroatoms. The lowest BCUT2D eigenvalue weighted by Gasteiger charge is -2.27. The first kappa shape index (κ1) is 15.2. The lowest BCUT2D eigenvalue weighted by atomic mass is 10.0. The molecular formula is C13H28ClN. The van der Waals surface area contributed by atoms with Crippen LogP contribution in [0.25, 0.3) is 0 Å². The molecule has 0 amide bonds. The van der Waals surface area contributed by atoms with Crippen molar-refractivity contribution in [2.75, 3.05) is 12.4 Å². The number of halogens is 1. The molecule has 92 valence electrons. The number of nitrogens with one attached hydrogen (secondary N) is 1. The third-order valence-corrected chi connectivity index (χ3v) is 3.75. The van der Waals surface area contributed by atoms with Crippen molar-refractivity contribution in [3.63, 3.8) is 0 Å². The Hall–Kier alpha value is 0.250. The summed E-state index contributed by atoms with van der Waals surface area (Å²) in [6.45, 7) is 7.77. The smallest absolute Gasteiger partial charge is 0.0403 e. The minimum absolute atomic E-state index is 0.144. The van der Waals surface area contributed by atoms with Gasteiger partial charge in [0.15, 0.2) is 0 Å². The average molecular weight is 234 g/mol. The zero-order valence-corrected chi connectivity index (χ0v) is 11.5. The van der Waals surface area contributed by atoms with Crippen molar-refractivity contribution in [3.8, 4) is 0 Å². The van der Waals surface area contributed by atoms with Gasteiger partial charge in [0, 0.05) is 11.4 Å². The van der Waals surface area contributed by atoms with Gasteiger partial charge in [0.25, 0.3) is 0 Å². The summed E-state index contributed by atoms with van der Waals surface area (Å²) in [4.78, 5) is 0. The lowest BCUT2D eigenvalue weighted by molar-refractivity contribution is 0.375. The van der Waals surface area contributed by atoms with Gasteiger partial charge in [-0.05, 0) is 26.3 Å². The normalized spacial score (nSPS) is 15.2. The van der Waals surface area contributed by atoms with E-state index in [1.807, 2.05) is 0 Å². The third-order valence-electron chi connectivity index (χ3n) is 3.16. The summed E-state index contributed by atoms with van der Waals surface area (Å²) in [7, 11) is 0. The van der Waals surface area contributed by atoms with Crippen molar-refractivity contribution >= 4 is 11.6 Å². The van der Waals surface area contributed by atoms with Crippen molar-refractivity contribution < 1.29 is 0 Å². The second kappa shape index (κ2) is 9.47. The van der Waals surface area contributed by atoms with Crippen molar-refractivity contribution in [1.82, 2.24) is 5.32 Å². The molecule has 0 heterocycles. The summed E-state index contributed by atoms with van der Waals surface area (Å²) in [6, 6.07) is 0. The summed E-state index contributed by atoms with van der Waals surface area (Å²) >= 11 is 5.93. The van der Waals surface area contributed by atoms with Gasteiger partial charge in [0.2, 0.25) is 0 Å². The van der Waals surface area contributed by atoms with Gasteiger partial charge in [-0.2, -0.15) is 0 Å². The van der Waals surface area contributed by atoms with E-state index < -0.39 is 0 Å². The minimum atomic E-state index is 0.144. The van der Waals surface area contributed by atoms with E-state index in [0.717, 1.165) is 13.0 Å². The van der Waals surface area contributed by atoms with E-state index in [1.54, 1.807) is 0 Å². The van der Waals surface area contributed by atoms with E-state index in [9.17, 15) is 0 Å². The Balaban J connectivity index is 3.29. The van der Waals surface area contributed by atoms with Crippen molar-refractivity contribution in [1.29, 1.82) is 0 Å². The molecule has 0 saturated carbocycles. The van der Waals surface area contributed by atoms with Crippen LogP contribution in [0, 0.1) is 0 Å². The molecule has 0 fully saturated rings. The highest BCUT2D eigenvalue weighted by Gasteiger charge is 2.18. The molecule has 0 bridgehead atoms. The summed E-state index contributed by atoms with van der Waals surface area (Å²) in [5, 5.41) is 3.55. The predicted molar refractivity (Wildman–Crippen MR) is 70.8 cm³/mol. The Labute approximate surface area is 101 Å². The maximum Gasteiger partial charge on any atom is 0.0403 e. The van der Waals surface area contributed by atoms with Gasteiger partial charge in [-0.15, -0.1) is 11.6 Å². The van der Waals surface area contributed by atoms with Crippen LogP contribution in [0.5, 0.6) is 0 Å². The molecule has 0 aromatic heterocycles. The summed E-state index contributed by atoms with van der Waals surface area (Å²) in [5.41, 5.74) is 0.144. The highest BCUT2D eigenvalue weighted by atomic mass is 35.5. The third kappa shape index (κ3) is 8.10. The van der Waals surface area contributed by atoms with Gasteiger partial charge >= 0.3 is 0 Å². The van der Waals surface area contributed by atoms with Crippen LogP contribution < -0.4 is 5.32 Å². The van der Waals surface area contributed by atoms with Gasteiger partial charge in [0.1, 0.15) is 0 Å². The summed E-state index contributed by atoms with van der Waals surface area (Å²) in [6.07, 6.45) is 9.26. The molecule has 0 saturated heterocycles. The SMILES string of the molecule is CCCCCCCCNC(C)(CC)CCl. The fourth-order valence-electron chi connectivity index (χ4n) is 1.56. The molecule has 15 heavy (non-hydrogen) atoms. The van der Waals surface area contributed by atoms with Crippen LogP contribution in [0.4, 0.5) is 0 Å². The van der Waals surface area contributed by atoms with Crippen molar-refractivity contribution in [3.05, 3.63) is 0 Å². The van der Waals surface area contributed by atoms with Gasteiger partial charge < -0.3 is 5.32 Å². The summed E-state index contributed by atoms with van der Waals surface area (Å²) in [5.74, 6) is 0.708. The first-order chi connectivity index (χ1) is 7.18. The number of hydrogen-bond acceptors (Lipinski definition) is 1. The number of hydrogen-bond donors (Lipinski definition) is 1. The monoisotopic (exact) mass is 233 g/mol. The maximum absolute atomic E-state index is 5.93. The highest BCUT2D eigenvalue weighted by Crippen LogP contribution is 2.11. The van der Waals surface area contributed by atoms with E-state index in [4.69, 9.17) is 11.6 Å². The Morgan fingerprint density at radius 2 is 1.60 bits per heavy atom. The second-order valence-electron chi connectivity index (χ2n) is 4.74. The van der Waals surface area contributed by atoms with Crippen LogP contribution in [-0.2, 0) is 0 Å². The first-order valence-corrected chi connectivity index (χ1v) is 7.03. The average Bonchev–Trinajstić information content (AvgIpc) is 2.27. The highest BCUT2D eigenvalue weighted by molar-refractivity contribution is 6.18. The molecular weight excluding hydrogens is 206 g/mol. The van der Waals surface area contributed by atoms with Crippen LogP contribution in [0.2, 0.25) is 0 Å². The zero-order chi connectivity index (χ0) is 11.6. The number of rotatable bonds is 10. The van der Waals surface area contributed by atoms with E-state index in [0.29, 0.717) is 5.88 Å². The predicted octanol–water partition coefficient (Wildman–Crippen LogP) is 4.34. The molecule has 1 unspecified atom stereocenters. The van der Waals surface area contributed by atoms with Gasteiger partial charge in [-0.25, -0.2) is 0 Å². The largest absolute Gasteiger partial charge is 0.310 e. The van der Waals surface area contributed by atoms with Crippen molar-refractivity contribution in [2.45, 2.75) is 71.3 Å². The Morgan fingerprint density at radius 1 is 1.00 bits per heavy atom. The second-order valence-corrected chi connectivity index (χ2v) is 5.01. The van der Waals surface area contributed by atoms with E-state index >= 15 is 0 Å². The van der Waals surface area contributed by atoms with Crippen LogP contribution in [0.3, 0.4) is 0 Å². The van der Waals surface area contributed by atoms with Crippen molar-refractivity contribution in [2.24, 2.45) is 0 Å². The molecule has 0 aliphatic carbocycles. The van der Waals surface area contributed by atoms with Crippen LogP contribution in [0.1, 0.15) is 65.7 Å². The molecule has 0 aromatic rings. The maximum atomic E-state index is 5.93. The number of alkyl halides is 1. The standard InChI is InChI=1S/C13H28ClN/c1-4-6-7-8-9-10-11-15-13(3,5-2)12-14/h15H,4-12H2,1-3H3. The molecule has 1 nitrogen and oxygen atoms in total. The topological polar surface area (TPSA) is 12.0 Å². The quantitative estimate of drug-likeness (QED) is 0.437. The fourth-order valence-corrected chi connectivity index (χ4v) is 1.85. The number of unbranched alkanes of at least 4 members (excludes halogenated alkanes) is 5. The van der Waals surface area contributed by atoms with E-state index in [1.165, 1.54) is 38.5 Å². The molecule has 0 aliphatic heterocycles. The van der Waals surface area contributed by atoms with E-state index in [2.05, 4.69) is 26.1 Å². The zero-order valence-electron chi connectivity index (χ0n) is 10.7. The Kier molecular flexibility index (Phi) is 9.63. The fraction of sp³-hybridized carbons (Fsp3) is 1.00. The van der Waals surface area contributed by atoms with E-state index in [-0.39, 0.29) is 5.54 Å². The molecule has 0 radical (unpaired) electrons. The van der Waals surface area contributed by atoms with Crippen LogP contribution in [-0.4, -0.2) is 18.0 Å². The van der Waals surface area contributed by atoms with Gasteiger partial charge in [-0.1, -0.05) is 46.0 Å². The van der Waals surface area contributed by atoms with Crippen LogP contribution in [0.15, 0.2) is 0 Å². The Morgan fingerprint density at radius 3 is 2.13 bits per heavy atom. The molecule has 0 aliphatic rings. The molecule has 1 atom stereocenters. The molecule has 1 N–H and O–H groups in total. The molecule has 0 aromatic carbocycles. The van der Waals surface area contributed by atoms with Gasteiger partial charge in [-0.3, -0.25) is 0 Å². The first-order valence-electron chi connectivity index (χ1n) is 6.49. The Bertz CT molecular complexity index is 132. The minimum Gasteiger partial charge on any atom is -0.310 e.